The summed E-state index contributed by atoms with van der Waals surface area (Å²) < 4.78 is 2.23. The number of rotatable bonds is 10. The average molecular weight is 957 g/mol. The molecule has 11 aromatic carbocycles. The molecule has 75 heavy (non-hydrogen) atoms. The van der Waals surface area contributed by atoms with Crippen molar-refractivity contribution in [3.05, 3.63) is 336 Å². The van der Waals surface area contributed by atoms with E-state index in [2.05, 4.69) is 307 Å². The van der Waals surface area contributed by atoms with Crippen LogP contribution in [0.5, 0.6) is 0 Å². The maximum atomic E-state index is 5.69. The first-order valence-electron chi connectivity index (χ1n) is 25.9. The van der Waals surface area contributed by atoms with Crippen molar-refractivity contribution >= 4 is 33.4 Å². The molecule has 3 heteroatoms. The Morgan fingerprint density at radius 3 is 1.43 bits per heavy atom. The van der Waals surface area contributed by atoms with Gasteiger partial charge >= 0.3 is 0 Å². The maximum absolute atomic E-state index is 5.69. The van der Waals surface area contributed by atoms with Gasteiger partial charge in [0.25, 0.3) is 5.35 Å². The molecule has 0 radical (unpaired) electrons. The highest BCUT2D eigenvalue weighted by Gasteiger charge is 2.46. The normalized spacial score (nSPS) is 13.9. The van der Waals surface area contributed by atoms with Crippen molar-refractivity contribution in [2.75, 3.05) is 4.90 Å². The molecule has 14 rings (SSSR count). The van der Waals surface area contributed by atoms with Gasteiger partial charge in [-0.2, -0.15) is 0 Å². The molecule has 1 unspecified atom stereocenters. The van der Waals surface area contributed by atoms with Gasteiger partial charge < -0.3 is 4.90 Å². The lowest BCUT2D eigenvalue weighted by atomic mass is 9.67. The minimum Gasteiger partial charge on any atom is -0.310 e. The van der Waals surface area contributed by atoms with Crippen LogP contribution < -0.4 is 14.6 Å². The average Bonchev–Trinajstić information content (AvgIpc) is 4.05. The van der Waals surface area contributed by atoms with Crippen molar-refractivity contribution in [3.63, 3.8) is 0 Å². The molecule has 1 aromatic heterocycles. The summed E-state index contributed by atoms with van der Waals surface area (Å²) in [5, 5.41) is 9.04. The Hall–Kier alpha value is -9.70. The standard InChI is InChI=1S/C72H50N3/c1-8-24-50(25-9-1)56-44-57(51-26-10-2-11-27-51)46-62(45-56)74(61-42-43-64-63-38-22-23-39-66(63)72(67(64)49-61,58-34-18-6-19-35-58)59-36-20-7-21-37-59)60-41-40-55-47-68(52-28-12-3-13-29-52)75-71(65(55)48-60)69(53-30-14-4-15-31-53)70(73-75)54-32-16-5-17-33-54/h1-49,70H/q+1. The highest BCUT2D eigenvalue weighted by Crippen LogP contribution is 2.57. The summed E-state index contributed by atoms with van der Waals surface area (Å²) in [4.78, 5) is 2.49. The number of hydrogen-bond donors (Lipinski definition) is 0. The third-order valence-corrected chi connectivity index (χ3v) is 15.4. The van der Waals surface area contributed by atoms with Crippen LogP contribution in [0.2, 0.25) is 0 Å². The van der Waals surface area contributed by atoms with Gasteiger partial charge in [0.05, 0.1) is 16.4 Å². The minimum absolute atomic E-state index is 0.236. The van der Waals surface area contributed by atoms with E-state index in [9.17, 15) is 0 Å². The lowest BCUT2D eigenvalue weighted by Crippen LogP contribution is -2.38. The number of fused-ring (bicyclic) bond motifs is 6. The van der Waals surface area contributed by atoms with E-state index in [1.54, 1.807) is 0 Å². The fraction of sp³-hybridized carbons (Fsp3) is 0.0278. The van der Waals surface area contributed by atoms with Crippen molar-refractivity contribution in [2.45, 2.75) is 11.5 Å². The van der Waals surface area contributed by atoms with Gasteiger partial charge in [-0.05, 0) is 136 Å². The summed E-state index contributed by atoms with van der Waals surface area (Å²) in [6.07, 6.45) is 0. The molecule has 1 atom stereocenters. The molecular formula is C72H50N3+. The van der Waals surface area contributed by atoms with Gasteiger partial charge in [-0.15, -0.1) is 0 Å². The van der Waals surface area contributed by atoms with E-state index in [-0.39, 0.29) is 6.04 Å². The maximum Gasteiger partial charge on any atom is 0.252 e. The predicted molar refractivity (Wildman–Crippen MR) is 308 cm³/mol. The molecule has 0 amide bonds. The van der Waals surface area contributed by atoms with E-state index in [1.165, 1.54) is 39.0 Å². The van der Waals surface area contributed by atoms with E-state index < -0.39 is 5.41 Å². The molecule has 352 valence electrons. The molecule has 0 fully saturated rings. The van der Waals surface area contributed by atoms with Crippen molar-refractivity contribution in [2.24, 2.45) is 5.11 Å². The monoisotopic (exact) mass is 956 g/mol. The van der Waals surface area contributed by atoms with E-state index in [4.69, 9.17) is 5.11 Å². The summed E-state index contributed by atoms with van der Waals surface area (Å²) in [5.74, 6) is 0. The van der Waals surface area contributed by atoms with Crippen LogP contribution in [0.15, 0.2) is 302 Å². The van der Waals surface area contributed by atoms with Crippen LogP contribution in [0, 0.1) is 0 Å². The first kappa shape index (κ1) is 44.0. The quantitative estimate of drug-likeness (QED) is 0.125. The van der Waals surface area contributed by atoms with Crippen molar-refractivity contribution < 1.29 is 4.36 Å². The molecule has 1 aliphatic heterocycles. The number of benzene rings is 11. The van der Waals surface area contributed by atoms with Crippen LogP contribution >= 0.6 is 0 Å². The zero-order valence-electron chi connectivity index (χ0n) is 41.2. The Morgan fingerprint density at radius 2 is 0.827 bits per heavy atom. The second-order valence-corrected chi connectivity index (χ2v) is 19.6. The summed E-state index contributed by atoms with van der Waals surface area (Å²) in [7, 11) is 0. The zero-order chi connectivity index (χ0) is 49.7. The van der Waals surface area contributed by atoms with E-state index in [0.29, 0.717) is 0 Å². The van der Waals surface area contributed by atoms with Crippen molar-refractivity contribution in [1.29, 1.82) is 0 Å². The van der Waals surface area contributed by atoms with Crippen LogP contribution in [-0.2, 0) is 5.41 Å². The second-order valence-electron chi connectivity index (χ2n) is 19.6. The number of aromatic nitrogens is 1. The topological polar surface area (TPSA) is 21.5 Å². The fourth-order valence-corrected chi connectivity index (χ4v) is 12.1. The Morgan fingerprint density at radius 1 is 0.347 bits per heavy atom. The highest BCUT2D eigenvalue weighted by molar-refractivity contribution is 5.95. The molecule has 1 aliphatic carbocycles. The zero-order valence-corrected chi connectivity index (χ0v) is 41.2. The largest absolute Gasteiger partial charge is 0.310 e. The highest BCUT2D eigenvalue weighted by atomic mass is 15.2. The minimum atomic E-state index is -0.584. The Labute approximate surface area is 437 Å². The summed E-state index contributed by atoms with van der Waals surface area (Å²) >= 11 is 0. The number of hydrogen-bond acceptors (Lipinski definition) is 2. The third-order valence-electron chi connectivity index (χ3n) is 15.4. The second kappa shape index (κ2) is 18.4. The molecule has 0 saturated carbocycles. The lowest BCUT2D eigenvalue weighted by Gasteiger charge is -2.35. The molecule has 3 nitrogen and oxygen atoms in total. The molecule has 0 bridgehead atoms. The van der Waals surface area contributed by atoms with Gasteiger partial charge in [0.1, 0.15) is 0 Å². The van der Waals surface area contributed by atoms with Gasteiger partial charge in [0.15, 0.2) is 6.04 Å². The van der Waals surface area contributed by atoms with Gasteiger partial charge in [-0.3, -0.25) is 0 Å². The van der Waals surface area contributed by atoms with Crippen LogP contribution in [0.25, 0.3) is 61.0 Å². The van der Waals surface area contributed by atoms with Gasteiger partial charge in [0.2, 0.25) is 5.69 Å². The van der Waals surface area contributed by atoms with E-state index >= 15 is 0 Å². The number of nitrogens with zero attached hydrogens (tertiary/aromatic N) is 3. The van der Waals surface area contributed by atoms with Gasteiger partial charge in [0, 0.05) is 28.7 Å². The predicted octanol–water partition coefficient (Wildman–Crippen LogP) is 16.9. The van der Waals surface area contributed by atoms with Crippen LogP contribution in [-0.4, -0.2) is 0 Å². The van der Waals surface area contributed by atoms with Crippen LogP contribution in [0.3, 0.4) is 0 Å². The van der Waals surface area contributed by atoms with E-state index in [1.807, 2.05) is 0 Å². The fourth-order valence-electron chi connectivity index (χ4n) is 12.1. The molecule has 0 spiro atoms. The molecular weight excluding hydrogens is 907 g/mol. The van der Waals surface area contributed by atoms with Crippen LogP contribution in [0.1, 0.15) is 39.4 Å². The SMILES string of the molecule is c1ccc(C2=c3c4cc(N(c5cc(-c6ccccc6)cc(-c6ccccc6)c5)c5ccc6c(c5)C(c5ccccc5)(c5ccccc5)c5ccccc5-6)ccc4cc(-c4ccccc4)[n+]3=NC2c2ccccc2)cc1. The van der Waals surface area contributed by atoms with Gasteiger partial charge in [-0.1, -0.05) is 237 Å². The number of pyridine rings is 1. The molecule has 0 N–H and O–H groups in total. The van der Waals surface area contributed by atoms with Crippen molar-refractivity contribution in [1.82, 2.24) is 0 Å². The summed E-state index contributed by atoms with van der Waals surface area (Å²) in [5.41, 5.74) is 20.3. The van der Waals surface area contributed by atoms with Crippen molar-refractivity contribution in [3.8, 4) is 44.6 Å². The molecule has 2 heterocycles. The first-order valence-corrected chi connectivity index (χ1v) is 25.9. The first-order chi connectivity index (χ1) is 37.2. The Balaban J connectivity index is 1.09. The summed E-state index contributed by atoms with van der Waals surface area (Å²) in [6, 6.07) is 109. The smallest absolute Gasteiger partial charge is 0.252 e. The Kier molecular flexibility index (Phi) is 10.8. The third kappa shape index (κ3) is 7.43. The molecule has 12 aromatic rings. The van der Waals surface area contributed by atoms with Crippen LogP contribution in [0.4, 0.5) is 17.1 Å². The Bertz CT molecular complexity index is 4100. The summed E-state index contributed by atoms with van der Waals surface area (Å²) in [6.45, 7) is 0. The molecule has 2 aliphatic rings. The van der Waals surface area contributed by atoms with Gasteiger partial charge in [-0.25, -0.2) is 0 Å². The lowest BCUT2D eigenvalue weighted by molar-refractivity contribution is -0.546. The molecule has 0 saturated heterocycles. The van der Waals surface area contributed by atoms with E-state index in [0.717, 1.165) is 77.8 Å². The number of anilines is 3.